The van der Waals surface area contributed by atoms with Crippen LogP contribution in [0.4, 0.5) is 11.4 Å². The van der Waals surface area contributed by atoms with E-state index in [1.165, 1.54) is 82.9 Å². The van der Waals surface area contributed by atoms with Crippen molar-refractivity contribution in [1.82, 2.24) is 4.98 Å². The minimum absolute atomic E-state index is 0.204. The molecule has 222 valence electrons. The number of fused-ring (bicyclic) bond motifs is 9. The molecule has 2 atom stereocenters. The molecule has 2 heterocycles. The molecule has 0 fully saturated rings. The normalized spacial score (nSPS) is 18.1. The molecule has 2 heteroatoms. The van der Waals surface area contributed by atoms with Gasteiger partial charge in [0.15, 0.2) is 0 Å². The Labute approximate surface area is 274 Å². The van der Waals surface area contributed by atoms with Gasteiger partial charge in [0.2, 0.25) is 0 Å². The molecule has 10 rings (SSSR count). The Morgan fingerprint density at radius 3 is 2.13 bits per heavy atom. The first-order chi connectivity index (χ1) is 23.1. The quantitative estimate of drug-likeness (QED) is 0.214. The zero-order chi connectivity index (χ0) is 31.1. The summed E-state index contributed by atoms with van der Waals surface area (Å²) in [5.41, 5.74) is 13.6. The van der Waals surface area contributed by atoms with Crippen molar-refractivity contribution < 1.29 is 0 Å². The summed E-state index contributed by atoms with van der Waals surface area (Å²) < 4.78 is 0. The fourth-order valence-electron chi connectivity index (χ4n) is 8.33. The second-order valence-corrected chi connectivity index (χ2v) is 13.3. The minimum Gasteiger partial charge on any atom is -0.355 e. The Morgan fingerprint density at radius 1 is 0.532 bits per heavy atom. The SMILES string of the molecule is CC12C=Cc3ccccc3C1c1cc(-c3ccc4[nH]c5ccccc5c4c3)ccc1N2c1ccc(-c2ccc3ccccc3c2)cc1. The van der Waals surface area contributed by atoms with E-state index < -0.39 is 0 Å². The number of aromatic nitrogens is 1. The Balaban J connectivity index is 1.11. The summed E-state index contributed by atoms with van der Waals surface area (Å²) in [6, 6.07) is 55.9. The number of anilines is 2. The molecule has 2 nitrogen and oxygen atoms in total. The van der Waals surface area contributed by atoms with Gasteiger partial charge in [0.1, 0.15) is 0 Å². The maximum Gasteiger partial charge on any atom is 0.0718 e. The number of rotatable bonds is 3. The summed E-state index contributed by atoms with van der Waals surface area (Å²) in [4.78, 5) is 6.15. The van der Waals surface area contributed by atoms with E-state index in [1.807, 2.05) is 0 Å². The summed E-state index contributed by atoms with van der Waals surface area (Å²) in [6.07, 6.45) is 4.74. The summed E-state index contributed by atoms with van der Waals surface area (Å²) >= 11 is 0. The van der Waals surface area contributed by atoms with Gasteiger partial charge in [-0.25, -0.2) is 0 Å². The van der Waals surface area contributed by atoms with E-state index >= 15 is 0 Å². The van der Waals surface area contributed by atoms with Crippen molar-refractivity contribution in [2.45, 2.75) is 18.4 Å². The average Bonchev–Trinajstić information content (AvgIpc) is 3.63. The first-order valence-electron chi connectivity index (χ1n) is 16.5. The molecule has 2 unspecified atom stereocenters. The molecule has 0 saturated carbocycles. The average molecular weight is 601 g/mol. The van der Waals surface area contributed by atoms with Crippen LogP contribution in [0.3, 0.4) is 0 Å². The van der Waals surface area contributed by atoms with E-state index in [9.17, 15) is 0 Å². The highest BCUT2D eigenvalue weighted by molar-refractivity contribution is 6.08. The van der Waals surface area contributed by atoms with Crippen molar-refractivity contribution in [2.24, 2.45) is 0 Å². The van der Waals surface area contributed by atoms with Gasteiger partial charge in [0.25, 0.3) is 0 Å². The maximum absolute atomic E-state index is 3.58. The molecular weight excluding hydrogens is 569 g/mol. The summed E-state index contributed by atoms with van der Waals surface area (Å²) in [5.74, 6) is 0.204. The Bertz CT molecular complexity index is 2550. The van der Waals surface area contributed by atoms with E-state index in [0.717, 1.165) is 0 Å². The number of benzene rings is 7. The molecule has 0 radical (unpaired) electrons. The molecule has 47 heavy (non-hydrogen) atoms. The third kappa shape index (κ3) is 3.91. The number of H-pyrrole nitrogens is 1. The number of nitrogens with one attached hydrogen (secondary N) is 1. The third-order valence-corrected chi connectivity index (χ3v) is 10.6. The van der Waals surface area contributed by atoms with Crippen molar-refractivity contribution in [1.29, 1.82) is 0 Å². The van der Waals surface area contributed by atoms with E-state index in [2.05, 4.69) is 181 Å². The van der Waals surface area contributed by atoms with Crippen molar-refractivity contribution in [3.8, 4) is 22.3 Å². The van der Waals surface area contributed by atoms with Gasteiger partial charge in [-0.2, -0.15) is 0 Å². The van der Waals surface area contributed by atoms with Crippen LogP contribution in [0.15, 0.2) is 158 Å². The van der Waals surface area contributed by atoms with Gasteiger partial charge in [-0.1, -0.05) is 115 Å². The zero-order valence-corrected chi connectivity index (χ0v) is 26.1. The van der Waals surface area contributed by atoms with Crippen molar-refractivity contribution in [2.75, 3.05) is 4.90 Å². The fourth-order valence-corrected chi connectivity index (χ4v) is 8.33. The van der Waals surface area contributed by atoms with E-state index in [-0.39, 0.29) is 11.5 Å². The van der Waals surface area contributed by atoms with Crippen LogP contribution in [0, 0.1) is 0 Å². The highest BCUT2D eigenvalue weighted by Crippen LogP contribution is 2.58. The Kier molecular flexibility index (Phi) is 5.51. The predicted octanol–water partition coefficient (Wildman–Crippen LogP) is 11.9. The van der Waals surface area contributed by atoms with Crippen molar-refractivity contribution >= 4 is 50.0 Å². The van der Waals surface area contributed by atoms with Gasteiger partial charge in [-0.05, 0) is 105 Å². The van der Waals surface area contributed by atoms with Crippen molar-refractivity contribution in [3.05, 3.63) is 174 Å². The molecule has 1 N–H and O–H groups in total. The first kappa shape index (κ1) is 26.4. The van der Waals surface area contributed by atoms with Crippen LogP contribution < -0.4 is 4.90 Å². The summed E-state index contributed by atoms with van der Waals surface area (Å²) in [5, 5.41) is 5.07. The van der Waals surface area contributed by atoms with Gasteiger partial charge in [0, 0.05) is 39.1 Å². The standard InChI is InChI=1S/C45H32N2/c1-45-25-24-31-9-4-5-11-37(31)44(45)40-28-35(34-18-22-42-39(27-34)38-12-6-7-13-41(38)46-42)19-23-43(40)47(45)36-20-16-30(17-21-36)33-15-14-29-8-2-3-10-32(29)26-33/h2-28,44,46H,1H3. The highest BCUT2D eigenvalue weighted by atomic mass is 15.2. The molecule has 1 aromatic heterocycles. The smallest absolute Gasteiger partial charge is 0.0718 e. The second-order valence-electron chi connectivity index (χ2n) is 13.3. The maximum atomic E-state index is 3.58. The van der Waals surface area contributed by atoms with Gasteiger partial charge >= 0.3 is 0 Å². The number of aromatic amines is 1. The van der Waals surface area contributed by atoms with Gasteiger partial charge < -0.3 is 9.88 Å². The number of hydrogen-bond acceptors (Lipinski definition) is 1. The molecule has 1 aliphatic carbocycles. The first-order valence-corrected chi connectivity index (χ1v) is 16.5. The molecule has 8 aromatic rings. The minimum atomic E-state index is -0.249. The second kappa shape index (κ2) is 9.82. The molecule has 0 saturated heterocycles. The lowest BCUT2D eigenvalue weighted by molar-refractivity contribution is 0.532. The fraction of sp³-hybridized carbons (Fsp3) is 0.0667. The Morgan fingerprint density at radius 2 is 1.21 bits per heavy atom. The van der Waals surface area contributed by atoms with Gasteiger partial charge in [0.05, 0.1) is 5.54 Å². The van der Waals surface area contributed by atoms with Gasteiger partial charge in [-0.3, -0.25) is 0 Å². The monoisotopic (exact) mass is 600 g/mol. The van der Waals surface area contributed by atoms with Crippen LogP contribution in [0.5, 0.6) is 0 Å². The third-order valence-electron chi connectivity index (χ3n) is 10.6. The van der Waals surface area contributed by atoms with Crippen LogP contribution in [0.1, 0.15) is 29.5 Å². The highest BCUT2D eigenvalue weighted by Gasteiger charge is 2.50. The molecule has 1 aliphatic heterocycles. The lowest BCUT2D eigenvalue weighted by atomic mass is 9.73. The lowest BCUT2D eigenvalue weighted by Gasteiger charge is -2.41. The van der Waals surface area contributed by atoms with E-state index in [4.69, 9.17) is 0 Å². The number of hydrogen-bond donors (Lipinski definition) is 1. The number of para-hydroxylation sites is 1. The molecule has 2 aliphatic rings. The largest absolute Gasteiger partial charge is 0.355 e. The molecule has 0 spiro atoms. The topological polar surface area (TPSA) is 19.0 Å². The molecule has 0 bridgehead atoms. The van der Waals surface area contributed by atoms with Crippen LogP contribution in [-0.4, -0.2) is 10.5 Å². The van der Waals surface area contributed by atoms with Crippen LogP contribution in [-0.2, 0) is 0 Å². The molecular formula is C45H32N2. The van der Waals surface area contributed by atoms with Crippen molar-refractivity contribution in [3.63, 3.8) is 0 Å². The molecule has 7 aromatic carbocycles. The van der Waals surface area contributed by atoms with Crippen LogP contribution in [0.2, 0.25) is 0 Å². The van der Waals surface area contributed by atoms with Crippen LogP contribution in [0.25, 0.3) is 60.9 Å². The molecule has 0 amide bonds. The van der Waals surface area contributed by atoms with Crippen LogP contribution >= 0.6 is 0 Å². The predicted molar refractivity (Wildman–Crippen MR) is 198 cm³/mol. The number of nitrogens with zero attached hydrogens (tertiary/aromatic N) is 1. The Hall–Kier alpha value is -5.86. The summed E-state index contributed by atoms with van der Waals surface area (Å²) in [6.45, 7) is 2.40. The summed E-state index contributed by atoms with van der Waals surface area (Å²) in [7, 11) is 0. The van der Waals surface area contributed by atoms with E-state index in [0.29, 0.717) is 0 Å². The van der Waals surface area contributed by atoms with E-state index in [1.54, 1.807) is 0 Å². The zero-order valence-electron chi connectivity index (χ0n) is 26.1. The lowest BCUT2D eigenvalue weighted by Crippen LogP contribution is -2.43. The van der Waals surface area contributed by atoms with Gasteiger partial charge in [-0.15, -0.1) is 0 Å².